The minimum Gasteiger partial charge on any atom is -0.467 e. The summed E-state index contributed by atoms with van der Waals surface area (Å²) in [4.78, 5) is 39.2. The highest BCUT2D eigenvalue weighted by Crippen LogP contribution is 2.18. The number of benzene rings is 2. The van der Waals surface area contributed by atoms with E-state index in [-0.39, 0.29) is 17.5 Å². The van der Waals surface area contributed by atoms with Crippen LogP contribution in [0.25, 0.3) is 10.9 Å². The normalized spacial score (nSPS) is 11.8. The van der Waals surface area contributed by atoms with Gasteiger partial charge < -0.3 is 14.6 Å². The molecule has 1 atom stereocenters. The molecule has 0 radical (unpaired) electrons. The number of fused-ring (bicyclic) bond motifs is 1. The number of pyridine rings is 1. The highest BCUT2D eigenvalue weighted by Gasteiger charge is 2.26. The summed E-state index contributed by atoms with van der Waals surface area (Å²) in [6, 6.07) is 18.2. The highest BCUT2D eigenvalue weighted by molar-refractivity contribution is 6.06. The van der Waals surface area contributed by atoms with E-state index in [1.165, 1.54) is 17.9 Å². The second-order valence-corrected chi connectivity index (χ2v) is 8.33. The molecule has 1 N–H and O–H groups in total. The molecule has 4 rings (SSSR count). The third-order valence-electron chi connectivity index (χ3n) is 5.83. The van der Waals surface area contributed by atoms with Crippen molar-refractivity contribution < 1.29 is 14.3 Å². The fourth-order valence-electron chi connectivity index (χ4n) is 4.13. The number of esters is 1. The number of carbonyl (C=O) groups is 2. The minimum atomic E-state index is -0.887. The quantitative estimate of drug-likeness (QED) is 0.378. The first-order valence-electron chi connectivity index (χ1n) is 11.6. The van der Waals surface area contributed by atoms with Gasteiger partial charge in [-0.05, 0) is 17.5 Å². The molecular formula is C27H28N4O4. The Morgan fingerprint density at radius 1 is 1.03 bits per heavy atom. The van der Waals surface area contributed by atoms with Crippen LogP contribution in [-0.2, 0) is 29.0 Å². The Hall–Kier alpha value is -4.20. The number of hydrogen-bond donors (Lipinski definition) is 1. The Morgan fingerprint density at radius 2 is 1.69 bits per heavy atom. The minimum absolute atomic E-state index is 0.202. The molecule has 0 bridgehead atoms. The summed E-state index contributed by atoms with van der Waals surface area (Å²) in [5.74, 6) is -1.01. The molecule has 1 amide bonds. The zero-order valence-corrected chi connectivity index (χ0v) is 19.8. The summed E-state index contributed by atoms with van der Waals surface area (Å²) in [6.07, 6.45) is 4.07. The van der Waals surface area contributed by atoms with E-state index in [4.69, 9.17) is 4.74 Å². The number of nitrogens with zero attached hydrogens (tertiary/aromatic N) is 3. The lowest BCUT2D eigenvalue weighted by atomic mass is 10.1. The summed E-state index contributed by atoms with van der Waals surface area (Å²) >= 11 is 0. The molecule has 0 unspecified atom stereocenters. The van der Waals surface area contributed by atoms with Gasteiger partial charge in [-0.3, -0.25) is 14.3 Å². The molecular weight excluding hydrogens is 444 g/mol. The van der Waals surface area contributed by atoms with Crippen LogP contribution in [0.5, 0.6) is 0 Å². The van der Waals surface area contributed by atoms with E-state index in [0.717, 1.165) is 17.5 Å². The van der Waals surface area contributed by atoms with Gasteiger partial charge in [0.05, 0.1) is 36.3 Å². The third kappa shape index (κ3) is 5.32. The number of methoxy groups -OCH3 is 1. The van der Waals surface area contributed by atoms with Gasteiger partial charge in [-0.2, -0.15) is 5.10 Å². The zero-order valence-electron chi connectivity index (χ0n) is 19.8. The molecule has 0 aliphatic rings. The monoisotopic (exact) mass is 472 g/mol. The van der Waals surface area contributed by atoms with Crippen molar-refractivity contribution in [1.29, 1.82) is 0 Å². The molecule has 0 fully saturated rings. The van der Waals surface area contributed by atoms with E-state index in [9.17, 15) is 14.4 Å². The van der Waals surface area contributed by atoms with E-state index < -0.39 is 17.9 Å². The van der Waals surface area contributed by atoms with Crippen LogP contribution in [0.1, 0.15) is 34.8 Å². The van der Waals surface area contributed by atoms with Crippen LogP contribution in [0, 0.1) is 0 Å². The number of nitrogens with one attached hydrogen (secondary N) is 1. The van der Waals surface area contributed by atoms with Crippen molar-refractivity contribution in [1.82, 2.24) is 19.7 Å². The second-order valence-electron chi connectivity index (χ2n) is 8.33. The maximum atomic E-state index is 13.6. The number of carbonyl (C=O) groups excluding carboxylic acids is 2. The number of amides is 1. The summed E-state index contributed by atoms with van der Waals surface area (Å²) in [6.45, 7) is 2.82. The van der Waals surface area contributed by atoms with Gasteiger partial charge in [0.2, 0.25) is 0 Å². The first kappa shape index (κ1) is 23.9. The van der Waals surface area contributed by atoms with Crippen LogP contribution >= 0.6 is 0 Å². The molecule has 2 aromatic heterocycles. The molecule has 180 valence electrons. The van der Waals surface area contributed by atoms with Crippen LogP contribution in [0.4, 0.5) is 0 Å². The van der Waals surface area contributed by atoms with Gasteiger partial charge in [0.15, 0.2) is 0 Å². The van der Waals surface area contributed by atoms with Crippen molar-refractivity contribution in [2.45, 2.75) is 38.9 Å². The first-order valence-corrected chi connectivity index (χ1v) is 11.6. The van der Waals surface area contributed by atoms with Crippen LogP contribution in [0.3, 0.4) is 0 Å². The number of ether oxygens (including phenoxy) is 1. The maximum absolute atomic E-state index is 13.6. The standard InChI is InChI=1S/C27H28N4O4/c1-3-14-30-18-22(25(32)29-23(27(34)35-2)15-19-10-6-4-7-11-19)24-21(26(30)33)16-28-31(24)17-20-12-8-5-9-13-20/h4-13,16,18,23H,3,14-15,17H2,1-2H3,(H,29,32)/t23-/m0/s1. The summed E-state index contributed by atoms with van der Waals surface area (Å²) in [5, 5.41) is 7.61. The average molecular weight is 473 g/mol. The van der Waals surface area contributed by atoms with Crippen LogP contribution in [0.15, 0.2) is 77.9 Å². The van der Waals surface area contributed by atoms with Crippen molar-refractivity contribution >= 4 is 22.8 Å². The number of aryl methyl sites for hydroxylation is 1. The van der Waals surface area contributed by atoms with E-state index in [0.29, 0.717) is 24.0 Å². The Kier molecular flexibility index (Phi) is 7.40. The van der Waals surface area contributed by atoms with Crippen LogP contribution < -0.4 is 10.9 Å². The van der Waals surface area contributed by atoms with Gasteiger partial charge in [0.1, 0.15) is 6.04 Å². The van der Waals surface area contributed by atoms with Crippen molar-refractivity contribution in [3.63, 3.8) is 0 Å². The Balaban J connectivity index is 1.75. The lowest BCUT2D eigenvalue weighted by Gasteiger charge is -2.18. The first-order chi connectivity index (χ1) is 17.0. The van der Waals surface area contributed by atoms with Gasteiger partial charge in [-0.1, -0.05) is 67.6 Å². The van der Waals surface area contributed by atoms with E-state index in [2.05, 4.69) is 10.4 Å². The van der Waals surface area contributed by atoms with Gasteiger partial charge in [-0.25, -0.2) is 4.79 Å². The van der Waals surface area contributed by atoms with E-state index >= 15 is 0 Å². The number of hydrogen-bond acceptors (Lipinski definition) is 5. The van der Waals surface area contributed by atoms with Crippen LogP contribution in [-0.4, -0.2) is 39.4 Å². The molecule has 0 spiro atoms. The largest absolute Gasteiger partial charge is 0.467 e. The Bertz CT molecular complexity index is 1380. The third-order valence-corrected chi connectivity index (χ3v) is 5.83. The predicted molar refractivity (Wildman–Crippen MR) is 133 cm³/mol. The fraction of sp³-hybridized carbons (Fsp3) is 0.259. The average Bonchev–Trinajstić information content (AvgIpc) is 3.30. The van der Waals surface area contributed by atoms with Gasteiger partial charge in [0, 0.05) is 19.2 Å². The van der Waals surface area contributed by atoms with Crippen molar-refractivity contribution in [3.05, 3.63) is 100 Å². The lowest BCUT2D eigenvalue weighted by molar-refractivity contribution is -0.142. The van der Waals surface area contributed by atoms with Crippen molar-refractivity contribution in [2.24, 2.45) is 0 Å². The fourth-order valence-corrected chi connectivity index (χ4v) is 4.13. The highest BCUT2D eigenvalue weighted by atomic mass is 16.5. The summed E-state index contributed by atoms with van der Waals surface area (Å²) < 4.78 is 8.13. The topological polar surface area (TPSA) is 95.2 Å². The summed E-state index contributed by atoms with van der Waals surface area (Å²) in [5.41, 5.74) is 2.39. The smallest absolute Gasteiger partial charge is 0.328 e. The molecule has 8 heteroatoms. The van der Waals surface area contributed by atoms with Crippen molar-refractivity contribution in [2.75, 3.05) is 7.11 Å². The Morgan fingerprint density at radius 3 is 2.31 bits per heavy atom. The molecule has 0 saturated carbocycles. The van der Waals surface area contributed by atoms with Crippen molar-refractivity contribution in [3.8, 4) is 0 Å². The number of rotatable bonds is 9. The summed E-state index contributed by atoms with van der Waals surface area (Å²) in [7, 11) is 1.29. The molecule has 8 nitrogen and oxygen atoms in total. The predicted octanol–water partition coefficient (Wildman–Crippen LogP) is 3.17. The molecule has 0 aliphatic heterocycles. The lowest BCUT2D eigenvalue weighted by Crippen LogP contribution is -2.43. The molecule has 0 aliphatic carbocycles. The van der Waals surface area contributed by atoms with Gasteiger partial charge in [0.25, 0.3) is 11.5 Å². The Labute approximate surface area is 203 Å². The van der Waals surface area contributed by atoms with E-state index in [1.807, 2.05) is 67.6 Å². The SMILES string of the molecule is CCCn1cc(C(=O)N[C@@H](Cc2ccccc2)C(=O)OC)c2c(cnn2Cc2ccccc2)c1=O. The van der Waals surface area contributed by atoms with E-state index in [1.54, 1.807) is 10.9 Å². The molecule has 35 heavy (non-hydrogen) atoms. The number of aromatic nitrogens is 3. The zero-order chi connectivity index (χ0) is 24.8. The maximum Gasteiger partial charge on any atom is 0.328 e. The second kappa shape index (κ2) is 10.8. The molecule has 2 aromatic carbocycles. The van der Waals surface area contributed by atoms with Gasteiger partial charge >= 0.3 is 5.97 Å². The van der Waals surface area contributed by atoms with Gasteiger partial charge in [-0.15, -0.1) is 0 Å². The molecule has 0 saturated heterocycles. The molecule has 2 heterocycles. The molecule has 4 aromatic rings. The van der Waals surface area contributed by atoms with Crippen LogP contribution in [0.2, 0.25) is 0 Å².